The Kier molecular flexibility index (Phi) is 3.95. The van der Waals surface area contributed by atoms with E-state index >= 15 is 0 Å². The van der Waals surface area contributed by atoms with Crippen LogP contribution in [-0.2, 0) is 14.9 Å². The standard InChI is InChI=1S/C16H13BrO3S/c17-14-7-6-13(21-14)12(18)10-20-15(19)16(8-9-16)11-4-2-1-3-5-11/h1-7H,8-10H2. The van der Waals surface area contributed by atoms with Crippen LogP contribution >= 0.6 is 27.3 Å². The smallest absolute Gasteiger partial charge is 0.317 e. The third-order valence-electron chi connectivity index (χ3n) is 3.65. The second-order valence-electron chi connectivity index (χ2n) is 5.05. The molecule has 0 bridgehead atoms. The van der Waals surface area contributed by atoms with Crippen LogP contribution in [0.15, 0.2) is 46.3 Å². The van der Waals surface area contributed by atoms with Crippen LogP contribution in [0.25, 0.3) is 0 Å². The van der Waals surface area contributed by atoms with Crippen molar-refractivity contribution in [2.24, 2.45) is 0 Å². The summed E-state index contributed by atoms with van der Waals surface area (Å²) in [6.45, 7) is -0.194. The Bertz CT molecular complexity index is 674. The molecule has 0 radical (unpaired) electrons. The molecule has 108 valence electrons. The molecular formula is C16H13BrO3S. The van der Waals surface area contributed by atoms with Crippen LogP contribution < -0.4 is 0 Å². The molecule has 5 heteroatoms. The van der Waals surface area contributed by atoms with E-state index in [9.17, 15) is 9.59 Å². The third kappa shape index (κ3) is 2.94. The van der Waals surface area contributed by atoms with Gasteiger partial charge in [-0.25, -0.2) is 0 Å². The van der Waals surface area contributed by atoms with Gasteiger partial charge in [-0.2, -0.15) is 0 Å². The van der Waals surface area contributed by atoms with Crippen LogP contribution in [-0.4, -0.2) is 18.4 Å². The van der Waals surface area contributed by atoms with E-state index in [-0.39, 0.29) is 18.4 Å². The first-order chi connectivity index (χ1) is 10.1. The summed E-state index contributed by atoms with van der Waals surface area (Å²) in [5, 5.41) is 0. The summed E-state index contributed by atoms with van der Waals surface area (Å²) < 4.78 is 6.14. The molecule has 2 aromatic rings. The molecule has 1 fully saturated rings. The molecule has 1 aromatic carbocycles. The fourth-order valence-corrected chi connectivity index (χ4v) is 3.61. The molecule has 0 N–H and O–H groups in total. The molecule has 3 rings (SSSR count). The summed E-state index contributed by atoms with van der Waals surface area (Å²) in [6.07, 6.45) is 1.57. The first-order valence-electron chi connectivity index (χ1n) is 6.63. The summed E-state index contributed by atoms with van der Waals surface area (Å²) in [6, 6.07) is 13.2. The number of thiophene rings is 1. The Balaban J connectivity index is 1.64. The predicted molar refractivity (Wildman–Crippen MR) is 84.7 cm³/mol. The summed E-state index contributed by atoms with van der Waals surface area (Å²) in [5.41, 5.74) is 0.443. The topological polar surface area (TPSA) is 43.4 Å². The summed E-state index contributed by atoms with van der Waals surface area (Å²) in [5.74, 6) is -0.458. The number of Topliss-reactive ketones (excluding diaryl/α,β-unsaturated/α-hetero) is 1. The van der Waals surface area contributed by atoms with Gasteiger partial charge in [0.15, 0.2) is 6.61 Å². The van der Waals surface area contributed by atoms with Gasteiger partial charge in [-0.3, -0.25) is 9.59 Å². The minimum atomic E-state index is -0.530. The summed E-state index contributed by atoms with van der Waals surface area (Å²) >= 11 is 4.65. The Hall–Kier alpha value is -1.46. The monoisotopic (exact) mass is 364 g/mol. The highest BCUT2D eigenvalue weighted by atomic mass is 79.9. The zero-order chi connectivity index (χ0) is 14.9. The number of hydrogen-bond donors (Lipinski definition) is 0. The lowest BCUT2D eigenvalue weighted by Crippen LogP contribution is -2.25. The lowest BCUT2D eigenvalue weighted by molar-refractivity contribution is -0.145. The highest BCUT2D eigenvalue weighted by molar-refractivity contribution is 9.11. The molecule has 0 amide bonds. The van der Waals surface area contributed by atoms with Crippen LogP contribution in [0.5, 0.6) is 0 Å². The van der Waals surface area contributed by atoms with Crippen molar-refractivity contribution >= 4 is 39.0 Å². The van der Waals surface area contributed by atoms with E-state index in [0.29, 0.717) is 4.88 Å². The Labute approximate surface area is 135 Å². The first-order valence-corrected chi connectivity index (χ1v) is 8.24. The van der Waals surface area contributed by atoms with Crippen molar-refractivity contribution in [3.05, 3.63) is 56.7 Å². The Morgan fingerprint density at radius 3 is 2.43 bits per heavy atom. The normalized spacial score (nSPS) is 15.5. The maximum Gasteiger partial charge on any atom is 0.317 e. The van der Waals surface area contributed by atoms with E-state index < -0.39 is 5.41 Å². The van der Waals surface area contributed by atoms with Crippen molar-refractivity contribution < 1.29 is 14.3 Å². The molecule has 1 aliphatic rings. The number of benzene rings is 1. The van der Waals surface area contributed by atoms with Gasteiger partial charge in [0.05, 0.1) is 14.1 Å². The van der Waals surface area contributed by atoms with E-state index in [1.807, 2.05) is 36.4 Å². The highest BCUT2D eigenvalue weighted by Gasteiger charge is 2.52. The molecule has 0 unspecified atom stereocenters. The average molecular weight is 365 g/mol. The van der Waals surface area contributed by atoms with Gasteiger partial charge < -0.3 is 4.74 Å². The zero-order valence-corrected chi connectivity index (χ0v) is 13.6. The van der Waals surface area contributed by atoms with Gasteiger partial charge in [0.1, 0.15) is 0 Å². The number of esters is 1. The molecule has 21 heavy (non-hydrogen) atoms. The van der Waals surface area contributed by atoms with E-state index in [1.165, 1.54) is 11.3 Å². The van der Waals surface area contributed by atoms with Gasteiger partial charge in [0.2, 0.25) is 5.78 Å². The maximum absolute atomic E-state index is 12.3. The van der Waals surface area contributed by atoms with E-state index in [2.05, 4.69) is 15.9 Å². The van der Waals surface area contributed by atoms with Gasteiger partial charge >= 0.3 is 5.97 Å². The Morgan fingerprint density at radius 2 is 1.86 bits per heavy atom. The SMILES string of the molecule is O=C(COC(=O)C1(c2ccccc2)CC1)c1ccc(Br)s1. The molecule has 0 aliphatic heterocycles. The van der Waals surface area contributed by atoms with Crippen LogP contribution in [0.4, 0.5) is 0 Å². The molecule has 3 nitrogen and oxygen atoms in total. The van der Waals surface area contributed by atoms with E-state index in [0.717, 1.165) is 22.2 Å². The number of ketones is 1. The first kappa shape index (κ1) is 14.5. The van der Waals surface area contributed by atoms with Crippen molar-refractivity contribution in [1.29, 1.82) is 0 Å². The van der Waals surface area contributed by atoms with E-state index in [4.69, 9.17) is 4.74 Å². The predicted octanol–water partition coefficient (Wildman–Crippen LogP) is 3.97. The number of halogens is 1. The van der Waals surface area contributed by atoms with Crippen molar-refractivity contribution in [2.45, 2.75) is 18.3 Å². The second-order valence-corrected chi connectivity index (χ2v) is 7.51. The minimum Gasteiger partial charge on any atom is -0.457 e. The largest absolute Gasteiger partial charge is 0.457 e. The second kappa shape index (κ2) is 5.73. The van der Waals surface area contributed by atoms with Gasteiger partial charge in [-0.1, -0.05) is 30.3 Å². The number of ether oxygens (including phenoxy) is 1. The zero-order valence-electron chi connectivity index (χ0n) is 11.2. The van der Waals surface area contributed by atoms with Crippen molar-refractivity contribution in [3.8, 4) is 0 Å². The molecule has 0 spiro atoms. The Morgan fingerprint density at radius 1 is 1.14 bits per heavy atom. The molecule has 1 saturated carbocycles. The molecule has 0 saturated heterocycles. The quantitative estimate of drug-likeness (QED) is 0.595. The van der Waals surface area contributed by atoms with Gasteiger partial charge in [0.25, 0.3) is 0 Å². The molecule has 1 aliphatic carbocycles. The fraction of sp³-hybridized carbons (Fsp3) is 0.250. The molecule has 1 aromatic heterocycles. The van der Waals surface area contributed by atoms with Gasteiger partial charge in [-0.15, -0.1) is 11.3 Å². The fourth-order valence-electron chi connectivity index (χ4n) is 2.30. The number of hydrogen-bond acceptors (Lipinski definition) is 4. The van der Waals surface area contributed by atoms with Crippen molar-refractivity contribution in [3.63, 3.8) is 0 Å². The van der Waals surface area contributed by atoms with Gasteiger partial charge in [0, 0.05) is 0 Å². The summed E-state index contributed by atoms with van der Waals surface area (Å²) in [4.78, 5) is 24.8. The number of carbonyl (C=O) groups excluding carboxylic acids is 2. The van der Waals surface area contributed by atoms with Crippen LogP contribution in [0.1, 0.15) is 28.1 Å². The van der Waals surface area contributed by atoms with Crippen molar-refractivity contribution in [1.82, 2.24) is 0 Å². The van der Waals surface area contributed by atoms with Crippen LogP contribution in [0.3, 0.4) is 0 Å². The molecule has 1 heterocycles. The maximum atomic E-state index is 12.3. The van der Waals surface area contributed by atoms with E-state index in [1.54, 1.807) is 6.07 Å². The van der Waals surface area contributed by atoms with Gasteiger partial charge in [-0.05, 0) is 46.5 Å². The number of rotatable bonds is 5. The minimum absolute atomic E-state index is 0.164. The van der Waals surface area contributed by atoms with Crippen LogP contribution in [0, 0.1) is 0 Å². The highest BCUT2D eigenvalue weighted by Crippen LogP contribution is 2.49. The van der Waals surface area contributed by atoms with Crippen molar-refractivity contribution in [2.75, 3.05) is 6.61 Å². The average Bonchev–Trinajstić information content (AvgIpc) is 3.21. The lowest BCUT2D eigenvalue weighted by atomic mass is 9.96. The van der Waals surface area contributed by atoms with Crippen LogP contribution in [0.2, 0.25) is 0 Å². The molecule has 0 atom stereocenters. The number of carbonyl (C=O) groups is 2. The summed E-state index contributed by atoms with van der Waals surface area (Å²) in [7, 11) is 0. The lowest BCUT2D eigenvalue weighted by Gasteiger charge is -2.14. The molecular weight excluding hydrogens is 352 g/mol. The third-order valence-corrected chi connectivity index (χ3v) is 5.31.